The standard InChI is InChI=1S/C29H34FN7O3/c1-17-12-37(13-18(2)36(17)4)25-6-5-22(27-23(25)11-31-29(33-27)40-16-19-7-8-39-15-19)28(38)32-21-9-20-14-35(3)34-26(20)24(30)10-21/h5-6,9-11,14,17-19H,7-8,12-13,15-16H2,1-4H3,(H,32,38)/t17-,18+,19-/m1/s1. The first kappa shape index (κ1) is 26.4. The van der Waals surface area contributed by atoms with E-state index in [0.717, 1.165) is 37.2 Å². The summed E-state index contributed by atoms with van der Waals surface area (Å²) >= 11 is 0. The first-order chi connectivity index (χ1) is 19.3. The van der Waals surface area contributed by atoms with Crippen LogP contribution in [0.3, 0.4) is 0 Å². The number of anilines is 2. The molecule has 2 aromatic carbocycles. The number of rotatable bonds is 6. The fourth-order valence-corrected chi connectivity index (χ4v) is 5.61. The van der Waals surface area contributed by atoms with Crippen LogP contribution in [0.25, 0.3) is 21.8 Å². The van der Waals surface area contributed by atoms with Crippen molar-refractivity contribution >= 4 is 39.1 Å². The van der Waals surface area contributed by atoms with Crippen molar-refractivity contribution < 1.29 is 18.7 Å². The molecule has 0 saturated carbocycles. The van der Waals surface area contributed by atoms with Gasteiger partial charge in [0, 0.05) is 79.3 Å². The number of aryl methyl sites for hydroxylation is 1. The summed E-state index contributed by atoms with van der Waals surface area (Å²) in [6.45, 7) is 7.93. The van der Waals surface area contributed by atoms with Gasteiger partial charge in [0.15, 0.2) is 5.82 Å². The Morgan fingerprint density at radius 2 is 1.98 bits per heavy atom. The Balaban J connectivity index is 1.36. The molecule has 0 unspecified atom stereocenters. The quantitative estimate of drug-likeness (QED) is 0.389. The van der Waals surface area contributed by atoms with Crippen LogP contribution in [0.15, 0.2) is 36.7 Å². The number of likely N-dealkylation sites (N-methyl/N-ethyl adjacent to an activating group) is 1. The van der Waals surface area contributed by atoms with Gasteiger partial charge >= 0.3 is 6.01 Å². The van der Waals surface area contributed by atoms with Crippen LogP contribution in [0.2, 0.25) is 0 Å². The van der Waals surface area contributed by atoms with Gasteiger partial charge in [-0.25, -0.2) is 9.37 Å². The highest BCUT2D eigenvalue weighted by atomic mass is 19.1. The van der Waals surface area contributed by atoms with E-state index in [4.69, 9.17) is 14.5 Å². The normalized spacial score (nSPS) is 21.8. The Morgan fingerprint density at radius 3 is 2.73 bits per heavy atom. The minimum atomic E-state index is -0.499. The van der Waals surface area contributed by atoms with Gasteiger partial charge in [0.25, 0.3) is 5.91 Å². The minimum absolute atomic E-state index is 0.216. The molecule has 4 heterocycles. The SMILES string of the molecule is C[C@@H]1CN(c2ccc(C(=O)Nc3cc(F)c4nn(C)cc4c3)c3nc(OC[C@@H]4CCOC4)ncc23)C[C@H](C)N1C. The summed E-state index contributed by atoms with van der Waals surface area (Å²) in [5, 5.41) is 8.36. The first-order valence-corrected chi connectivity index (χ1v) is 13.7. The third-order valence-electron chi connectivity index (χ3n) is 8.06. The van der Waals surface area contributed by atoms with E-state index in [1.165, 1.54) is 6.07 Å². The van der Waals surface area contributed by atoms with E-state index in [2.05, 4.69) is 46.1 Å². The topological polar surface area (TPSA) is 97.6 Å². The van der Waals surface area contributed by atoms with E-state index < -0.39 is 11.7 Å². The molecule has 0 aliphatic carbocycles. The van der Waals surface area contributed by atoms with Crippen molar-refractivity contribution in [1.29, 1.82) is 0 Å². The number of halogens is 1. The van der Waals surface area contributed by atoms with Gasteiger partial charge in [0.1, 0.15) is 5.52 Å². The third kappa shape index (κ3) is 5.06. The van der Waals surface area contributed by atoms with E-state index in [1.54, 1.807) is 36.3 Å². The predicted molar refractivity (Wildman–Crippen MR) is 151 cm³/mol. The third-order valence-corrected chi connectivity index (χ3v) is 8.06. The van der Waals surface area contributed by atoms with Crippen LogP contribution >= 0.6 is 0 Å². The van der Waals surface area contributed by atoms with Crippen LogP contribution in [0.1, 0.15) is 30.6 Å². The van der Waals surface area contributed by atoms with E-state index in [1.807, 2.05) is 6.07 Å². The number of carbonyl (C=O) groups is 1. The van der Waals surface area contributed by atoms with Crippen molar-refractivity contribution in [3.05, 3.63) is 48.0 Å². The van der Waals surface area contributed by atoms with E-state index in [9.17, 15) is 9.18 Å². The number of nitrogens with one attached hydrogen (secondary N) is 1. The zero-order chi connectivity index (χ0) is 28.0. The number of fused-ring (bicyclic) bond motifs is 2. The molecule has 10 nitrogen and oxygen atoms in total. The zero-order valence-corrected chi connectivity index (χ0v) is 23.2. The van der Waals surface area contributed by atoms with Crippen molar-refractivity contribution in [1.82, 2.24) is 24.6 Å². The lowest BCUT2D eigenvalue weighted by Crippen LogP contribution is -2.55. The molecule has 1 amide bonds. The molecule has 1 N–H and O–H groups in total. The zero-order valence-electron chi connectivity index (χ0n) is 23.2. The molecule has 210 valence electrons. The van der Waals surface area contributed by atoms with Crippen molar-refractivity contribution in [3.63, 3.8) is 0 Å². The van der Waals surface area contributed by atoms with E-state index >= 15 is 0 Å². The van der Waals surface area contributed by atoms with Crippen LogP contribution < -0.4 is 15.0 Å². The molecule has 2 aliphatic heterocycles. The molecule has 40 heavy (non-hydrogen) atoms. The highest BCUT2D eigenvalue weighted by Gasteiger charge is 2.29. The number of hydrogen-bond acceptors (Lipinski definition) is 8. The molecule has 0 spiro atoms. The van der Waals surface area contributed by atoms with Crippen molar-refractivity contribution in [3.8, 4) is 6.01 Å². The lowest BCUT2D eigenvalue weighted by molar-refractivity contribution is 0.102. The van der Waals surface area contributed by atoms with Gasteiger partial charge in [-0.15, -0.1) is 0 Å². The van der Waals surface area contributed by atoms with Gasteiger partial charge in [-0.2, -0.15) is 10.1 Å². The molecule has 2 fully saturated rings. The molecule has 6 rings (SSSR count). The van der Waals surface area contributed by atoms with Crippen LogP contribution in [-0.2, 0) is 11.8 Å². The second-order valence-corrected chi connectivity index (χ2v) is 11.0. The monoisotopic (exact) mass is 547 g/mol. The van der Waals surface area contributed by atoms with E-state index in [-0.39, 0.29) is 11.5 Å². The first-order valence-electron chi connectivity index (χ1n) is 13.7. The molecule has 2 aliphatic rings. The van der Waals surface area contributed by atoms with Crippen molar-refractivity contribution in [2.24, 2.45) is 13.0 Å². The van der Waals surface area contributed by atoms with Gasteiger partial charge < -0.3 is 19.7 Å². The van der Waals surface area contributed by atoms with Crippen LogP contribution in [0, 0.1) is 11.7 Å². The molecule has 11 heteroatoms. The number of ether oxygens (including phenoxy) is 2. The Hall–Kier alpha value is -3.83. The molecule has 4 aromatic rings. The molecule has 0 radical (unpaired) electrons. The van der Waals surface area contributed by atoms with Crippen LogP contribution in [0.4, 0.5) is 15.8 Å². The molecular formula is C29H34FN7O3. The fraction of sp³-hybridized carbons (Fsp3) is 0.448. The van der Waals surface area contributed by atoms with Gasteiger partial charge in [-0.3, -0.25) is 14.4 Å². The van der Waals surface area contributed by atoms with Crippen LogP contribution in [-0.4, -0.2) is 82.6 Å². The largest absolute Gasteiger partial charge is 0.463 e. The maximum atomic E-state index is 14.7. The summed E-state index contributed by atoms with van der Waals surface area (Å²) in [6.07, 6.45) is 4.38. The number of carbonyl (C=O) groups excluding carboxylic acids is 1. The highest BCUT2D eigenvalue weighted by Crippen LogP contribution is 2.32. The summed E-state index contributed by atoms with van der Waals surface area (Å²) in [5.41, 5.74) is 2.42. The van der Waals surface area contributed by atoms with Crippen molar-refractivity contribution in [2.45, 2.75) is 32.4 Å². The molecule has 2 aromatic heterocycles. The van der Waals surface area contributed by atoms with Crippen molar-refractivity contribution in [2.75, 3.05) is 50.2 Å². The fourth-order valence-electron chi connectivity index (χ4n) is 5.61. The summed E-state index contributed by atoms with van der Waals surface area (Å²) in [6, 6.07) is 7.65. The molecular weight excluding hydrogens is 513 g/mol. The minimum Gasteiger partial charge on any atom is -0.463 e. The second-order valence-electron chi connectivity index (χ2n) is 11.0. The maximum absolute atomic E-state index is 14.7. The van der Waals surface area contributed by atoms with Gasteiger partial charge in [-0.05, 0) is 51.6 Å². The molecule has 2 saturated heterocycles. The Morgan fingerprint density at radius 1 is 1.18 bits per heavy atom. The maximum Gasteiger partial charge on any atom is 0.316 e. The average molecular weight is 548 g/mol. The summed E-state index contributed by atoms with van der Waals surface area (Å²) in [4.78, 5) is 27.5. The highest BCUT2D eigenvalue weighted by molar-refractivity contribution is 6.14. The number of benzene rings is 2. The lowest BCUT2D eigenvalue weighted by Gasteiger charge is -2.43. The predicted octanol–water partition coefficient (Wildman–Crippen LogP) is 3.85. The number of amides is 1. The number of piperazine rings is 1. The molecule has 3 atom stereocenters. The Kier molecular flexibility index (Phi) is 7.01. The smallest absolute Gasteiger partial charge is 0.316 e. The summed E-state index contributed by atoms with van der Waals surface area (Å²) < 4.78 is 27.6. The number of aromatic nitrogens is 4. The summed E-state index contributed by atoms with van der Waals surface area (Å²) in [5.74, 6) is -0.604. The molecule has 0 bridgehead atoms. The van der Waals surface area contributed by atoms with Gasteiger partial charge in [-0.1, -0.05) is 0 Å². The summed E-state index contributed by atoms with van der Waals surface area (Å²) in [7, 11) is 3.87. The van der Waals surface area contributed by atoms with Gasteiger partial charge in [0.2, 0.25) is 0 Å². The van der Waals surface area contributed by atoms with Gasteiger partial charge in [0.05, 0.1) is 24.3 Å². The van der Waals surface area contributed by atoms with E-state index in [0.29, 0.717) is 53.4 Å². The average Bonchev–Trinajstić information content (AvgIpc) is 3.59. The Labute approximate surface area is 232 Å². The lowest BCUT2D eigenvalue weighted by atomic mass is 10.0. The second kappa shape index (κ2) is 10.6. The number of nitrogens with zero attached hydrogens (tertiary/aromatic N) is 6. The van der Waals surface area contributed by atoms with Crippen LogP contribution in [0.5, 0.6) is 6.01 Å². The number of hydrogen-bond donors (Lipinski definition) is 1. The Bertz CT molecular complexity index is 1560.